The van der Waals surface area contributed by atoms with E-state index >= 15 is 0 Å². The summed E-state index contributed by atoms with van der Waals surface area (Å²) in [5, 5.41) is 0.700. The van der Waals surface area contributed by atoms with E-state index in [1.54, 1.807) is 6.92 Å². The second kappa shape index (κ2) is 3.97. The maximum Gasteiger partial charge on any atom is 0.134 e. The van der Waals surface area contributed by atoms with E-state index in [1.807, 2.05) is 16.8 Å². The van der Waals surface area contributed by atoms with Crippen LogP contribution in [0.2, 0.25) is 5.15 Å². The predicted octanol–water partition coefficient (Wildman–Crippen LogP) is 2.85. The van der Waals surface area contributed by atoms with Gasteiger partial charge in [-0.15, -0.1) is 0 Å². The van der Waals surface area contributed by atoms with Gasteiger partial charge in [-0.05, 0) is 32.4 Å². The van der Waals surface area contributed by atoms with Crippen LogP contribution in [0.4, 0.5) is 0 Å². The number of nitrogens with zero attached hydrogens (tertiary/aromatic N) is 1. The molecule has 72 valence electrons. The first-order valence-electron chi connectivity index (χ1n) is 4.36. The van der Waals surface area contributed by atoms with Crippen LogP contribution >= 0.6 is 11.6 Å². The van der Waals surface area contributed by atoms with Gasteiger partial charge in [0, 0.05) is 18.7 Å². The van der Waals surface area contributed by atoms with Crippen molar-refractivity contribution >= 4 is 17.4 Å². The zero-order valence-corrected chi connectivity index (χ0v) is 8.93. The van der Waals surface area contributed by atoms with Gasteiger partial charge in [-0.1, -0.05) is 11.6 Å². The molecule has 3 heteroatoms. The molecule has 0 atom stereocenters. The van der Waals surface area contributed by atoms with E-state index in [-0.39, 0.29) is 5.78 Å². The molecule has 0 amide bonds. The van der Waals surface area contributed by atoms with Crippen molar-refractivity contribution in [2.75, 3.05) is 0 Å². The first-order chi connectivity index (χ1) is 6.00. The van der Waals surface area contributed by atoms with Gasteiger partial charge in [-0.3, -0.25) is 4.79 Å². The quantitative estimate of drug-likeness (QED) is 0.734. The fourth-order valence-corrected chi connectivity index (χ4v) is 1.67. The molecule has 0 N–H and O–H groups in total. The van der Waals surface area contributed by atoms with Crippen molar-refractivity contribution in [1.29, 1.82) is 0 Å². The minimum absolute atomic E-state index is 0.164. The van der Waals surface area contributed by atoms with Crippen LogP contribution in [0.1, 0.15) is 32.4 Å². The number of halogens is 1. The van der Waals surface area contributed by atoms with Gasteiger partial charge in [-0.2, -0.15) is 0 Å². The lowest BCUT2D eigenvalue weighted by Crippen LogP contribution is -1.99. The van der Waals surface area contributed by atoms with E-state index in [0.29, 0.717) is 17.6 Å². The van der Waals surface area contributed by atoms with Gasteiger partial charge in [0.15, 0.2) is 0 Å². The summed E-state index contributed by atoms with van der Waals surface area (Å²) in [7, 11) is 0. The Morgan fingerprint density at radius 1 is 1.62 bits per heavy atom. The van der Waals surface area contributed by atoms with Crippen LogP contribution in [0.15, 0.2) is 12.3 Å². The van der Waals surface area contributed by atoms with Crippen LogP contribution in [0.3, 0.4) is 0 Å². The lowest BCUT2D eigenvalue weighted by molar-refractivity contribution is -0.116. The molecule has 0 bridgehead atoms. The molecule has 0 saturated heterocycles. The third-order valence-electron chi connectivity index (χ3n) is 1.87. The Morgan fingerprint density at radius 3 is 2.62 bits per heavy atom. The zero-order chi connectivity index (χ0) is 10.0. The summed E-state index contributed by atoms with van der Waals surface area (Å²) >= 11 is 5.98. The van der Waals surface area contributed by atoms with Gasteiger partial charge < -0.3 is 4.57 Å². The Morgan fingerprint density at radius 2 is 2.23 bits per heavy atom. The minimum Gasteiger partial charge on any atom is -0.336 e. The lowest BCUT2D eigenvalue weighted by atomic mass is 10.2. The molecule has 1 aromatic heterocycles. The molecule has 1 aromatic rings. The second-order valence-corrected chi connectivity index (χ2v) is 3.94. The number of carbonyl (C=O) groups excluding carboxylic acids is 1. The molecule has 0 aliphatic rings. The molecule has 1 rings (SSSR count). The Hall–Kier alpha value is -0.760. The Balaban J connectivity index is 2.88. The van der Waals surface area contributed by atoms with Crippen molar-refractivity contribution in [2.24, 2.45) is 0 Å². The summed E-state index contributed by atoms with van der Waals surface area (Å²) in [4.78, 5) is 10.9. The van der Waals surface area contributed by atoms with Gasteiger partial charge >= 0.3 is 0 Å². The number of aromatic nitrogens is 1. The molecule has 0 saturated carbocycles. The van der Waals surface area contributed by atoms with Crippen molar-refractivity contribution in [2.45, 2.75) is 33.2 Å². The molecule has 0 aliphatic carbocycles. The normalized spacial score (nSPS) is 10.8. The van der Waals surface area contributed by atoms with Gasteiger partial charge in [0.05, 0.1) is 0 Å². The third kappa shape index (κ3) is 2.59. The number of carbonyl (C=O) groups is 1. The second-order valence-electron chi connectivity index (χ2n) is 3.55. The summed E-state index contributed by atoms with van der Waals surface area (Å²) in [6, 6.07) is 2.19. The first-order valence-corrected chi connectivity index (χ1v) is 4.74. The largest absolute Gasteiger partial charge is 0.336 e. The maximum absolute atomic E-state index is 10.9. The van der Waals surface area contributed by atoms with E-state index in [1.165, 1.54) is 0 Å². The van der Waals surface area contributed by atoms with E-state index in [2.05, 4.69) is 13.8 Å². The van der Waals surface area contributed by atoms with E-state index in [9.17, 15) is 4.79 Å². The first kappa shape index (κ1) is 10.3. The molecule has 0 fully saturated rings. The van der Waals surface area contributed by atoms with Gasteiger partial charge in [0.25, 0.3) is 0 Å². The zero-order valence-electron chi connectivity index (χ0n) is 8.17. The van der Waals surface area contributed by atoms with E-state index in [0.717, 1.165) is 5.56 Å². The topological polar surface area (TPSA) is 22.0 Å². The molecule has 0 spiro atoms. The average Bonchev–Trinajstić information content (AvgIpc) is 2.29. The van der Waals surface area contributed by atoms with Crippen molar-refractivity contribution in [3.63, 3.8) is 0 Å². The number of Topliss-reactive ketones (excluding diaryl/α,β-unsaturated/α-hetero) is 1. The molecule has 0 unspecified atom stereocenters. The molecule has 13 heavy (non-hydrogen) atoms. The maximum atomic E-state index is 10.9. The fraction of sp³-hybridized carbons (Fsp3) is 0.500. The molecule has 0 aromatic carbocycles. The molecule has 1 heterocycles. The van der Waals surface area contributed by atoms with E-state index in [4.69, 9.17) is 11.6 Å². The Bertz CT molecular complexity index is 315. The van der Waals surface area contributed by atoms with Crippen LogP contribution < -0.4 is 0 Å². The standard InChI is InChI=1S/C10H14ClNO/c1-7(2)12-6-9(4-8(3)13)5-10(12)11/h5-7H,4H2,1-3H3. The SMILES string of the molecule is CC(=O)Cc1cc(Cl)n(C(C)C)c1. The number of rotatable bonds is 3. The van der Waals surface area contributed by atoms with Crippen molar-refractivity contribution in [3.05, 3.63) is 23.0 Å². The van der Waals surface area contributed by atoms with Crippen molar-refractivity contribution in [1.82, 2.24) is 4.57 Å². The highest BCUT2D eigenvalue weighted by Gasteiger charge is 2.07. The molecule has 0 radical (unpaired) electrons. The molecular formula is C10H14ClNO. The highest BCUT2D eigenvalue weighted by atomic mass is 35.5. The van der Waals surface area contributed by atoms with Gasteiger partial charge in [0.2, 0.25) is 0 Å². The third-order valence-corrected chi connectivity index (χ3v) is 2.17. The van der Waals surface area contributed by atoms with Crippen LogP contribution in [-0.4, -0.2) is 10.4 Å². The highest BCUT2D eigenvalue weighted by molar-refractivity contribution is 6.29. The molecule has 2 nitrogen and oxygen atoms in total. The summed E-state index contributed by atoms with van der Waals surface area (Å²) < 4.78 is 1.96. The lowest BCUT2D eigenvalue weighted by Gasteiger charge is -2.07. The van der Waals surface area contributed by atoms with Gasteiger partial charge in [0.1, 0.15) is 10.9 Å². The summed E-state index contributed by atoms with van der Waals surface area (Å²) in [6.45, 7) is 5.70. The van der Waals surface area contributed by atoms with Crippen LogP contribution in [0.25, 0.3) is 0 Å². The average molecular weight is 200 g/mol. The molecular weight excluding hydrogens is 186 g/mol. The summed E-state index contributed by atoms with van der Waals surface area (Å²) in [5.41, 5.74) is 0.992. The van der Waals surface area contributed by atoms with Crippen LogP contribution in [0.5, 0.6) is 0 Å². The highest BCUT2D eigenvalue weighted by Crippen LogP contribution is 2.19. The van der Waals surface area contributed by atoms with Crippen LogP contribution in [0, 0.1) is 0 Å². The molecule has 0 aliphatic heterocycles. The number of hydrogen-bond acceptors (Lipinski definition) is 1. The van der Waals surface area contributed by atoms with Crippen molar-refractivity contribution < 1.29 is 4.79 Å². The predicted molar refractivity (Wildman–Crippen MR) is 54.2 cm³/mol. The fourth-order valence-electron chi connectivity index (χ4n) is 1.28. The van der Waals surface area contributed by atoms with Crippen molar-refractivity contribution in [3.8, 4) is 0 Å². The van der Waals surface area contributed by atoms with E-state index < -0.39 is 0 Å². The van der Waals surface area contributed by atoms with Gasteiger partial charge in [-0.25, -0.2) is 0 Å². The summed E-state index contributed by atoms with van der Waals surface area (Å²) in [5.74, 6) is 0.164. The summed E-state index contributed by atoms with van der Waals surface area (Å²) in [6.07, 6.45) is 2.41. The minimum atomic E-state index is 0.164. The Kier molecular flexibility index (Phi) is 3.15. The number of hydrogen-bond donors (Lipinski definition) is 0. The smallest absolute Gasteiger partial charge is 0.134 e. The number of ketones is 1. The Labute approximate surface area is 83.5 Å². The monoisotopic (exact) mass is 199 g/mol. The van der Waals surface area contributed by atoms with Crippen LogP contribution in [-0.2, 0) is 11.2 Å².